The number of nitrogens with one attached hydrogen (secondary N) is 2. The van der Waals surface area contributed by atoms with E-state index in [1.807, 2.05) is 31.2 Å². The zero-order valence-corrected chi connectivity index (χ0v) is 16.5. The van der Waals surface area contributed by atoms with Crippen LogP contribution >= 0.6 is 23.8 Å². The molecule has 0 radical (unpaired) electrons. The molecule has 2 N–H and O–H groups in total. The molecule has 1 heterocycles. The lowest BCUT2D eigenvalue weighted by Gasteiger charge is -2.17. The first-order valence-corrected chi connectivity index (χ1v) is 9.21. The van der Waals surface area contributed by atoms with E-state index in [0.29, 0.717) is 22.9 Å². The molecule has 1 aliphatic rings. The topological polar surface area (TPSA) is 76.7 Å². The van der Waals surface area contributed by atoms with Crippen LogP contribution in [0.3, 0.4) is 0 Å². The number of aryl methyl sites for hydroxylation is 1. The average Bonchev–Trinajstić information content (AvgIpc) is 2.64. The van der Waals surface area contributed by atoms with E-state index in [-0.39, 0.29) is 17.3 Å². The van der Waals surface area contributed by atoms with Crippen molar-refractivity contribution < 1.29 is 19.1 Å². The highest BCUT2D eigenvalue weighted by molar-refractivity contribution is 7.80. The molecule has 144 valence electrons. The molecule has 0 aromatic heterocycles. The third kappa shape index (κ3) is 5.09. The smallest absolute Gasteiger partial charge is 0.263 e. The lowest BCUT2D eigenvalue weighted by molar-refractivity contribution is -0.123. The van der Waals surface area contributed by atoms with Crippen molar-refractivity contribution in [1.82, 2.24) is 10.6 Å². The zero-order chi connectivity index (χ0) is 20.1. The number of rotatable bonds is 6. The summed E-state index contributed by atoms with van der Waals surface area (Å²) < 4.78 is 11.4. The Morgan fingerprint density at radius 3 is 2.32 bits per heavy atom. The highest BCUT2D eigenvalue weighted by Crippen LogP contribution is 2.26. The summed E-state index contributed by atoms with van der Waals surface area (Å²) in [7, 11) is 0. The summed E-state index contributed by atoms with van der Waals surface area (Å²) in [4.78, 5) is 24.1. The van der Waals surface area contributed by atoms with Crippen LogP contribution in [0.5, 0.6) is 11.5 Å². The quantitative estimate of drug-likeness (QED) is 0.327. The van der Waals surface area contributed by atoms with Crippen molar-refractivity contribution >= 4 is 46.8 Å². The summed E-state index contributed by atoms with van der Waals surface area (Å²) in [6.45, 7) is 2.61. The molecular formula is C20H17ClN2O4S. The predicted molar refractivity (Wildman–Crippen MR) is 110 cm³/mol. The first kappa shape index (κ1) is 19.9. The average molecular weight is 417 g/mol. The van der Waals surface area contributed by atoms with Gasteiger partial charge in [0, 0.05) is 10.6 Å². The van der Waals surface area contributed by atoms with Crippen LogP contribution < -0.4 is 20.1 Å². The van der Waals surface area contributed by atoms with Gasteiger partial charge in [0.1, 0.15) is 30.3 Å². The van der Waals surface area contributed by atoms with Gasteiger partial charge in [-0.2, -0.15) is 0 Å². The molecule has 1 saturated heterocycles. The predicted octanol–water partition coefficient (Wildman–Crippen LogP) is 3.02. The molecular weight excluding hydrogens is 400 g/mol. The molecule has 6 nitrogen and oxygen atoms in total. The minimum atomic E-state index is -0.581. The maximum Gasteiger partial charge on any atom is 0.263 e. The molecule has 0 atom stereocenters. The summed E-state index contributed by atoms with van der Waals surface area (Å²) >= 11 is 10.8. The molecule has 2 amide bonds. The first-order chi connectivity index (χ1) is 13.4. The Kier molecular flexibility index (Phi) is 6.28. The number of halogens is 1. The van der Waals surface area contributed by atoms with Crippen molar-refractivity contribution in [1.29, 1.82) is 0 Å². The highest BCUT2D eigenvalue weighted by atomic mass is 35.5. The van der Waals surface area contributed by atoms with Gasteiger partial charge in [-0.05, 0) is 55.5 Å². The Morgan fingerprint density at radius 1 is 1.00 bits per heavy atom. The van der Waals surface area contributed by atoms with Gasteiger partial charge in [0.05, 0.1) is 0 Å². The van der Waals surface area contributed by atoms with Gasteiger partial charge in [0.2, 0.25) is 0 Å². The molecule has 3 rings (SSSR count). The third-order valence-corrected chi connectivity index (χ3v) is 4.28. The molecule has 0 aliphatic carbocycles. The van der Waals surface area contributed by atoms with E-state index in [9.17, 15) is 9.59 Å². The van der Waals surface area contributed by atoms with Crippen LogP contribution in [0.4, 0.5) is 0 Å². The second-order valence-corrected chi connectivity index (χ2v) is 6.83. The highest BCUT2D eigenvalue weighted by Gasteiger charge is 2.26. The van der Waals surface area contributed by atoms with Gasteiger partial charge in [-0.3, -0.25) is 20.2 Å². The molecule has 2 aromatic carbocycles. The fraction of sp³-hybridized carbons (Fsp3) is 0.150. The van der Waals surface area contributed by atoms with Crippen LogP contribution in [0.15, 0.2) is 48.0 Å². The Balaban J connectivity index is 1.69. The van der Waals surface area contributed by atoms with Gasteiger partial charge in [-0.1, -0.05) is 29.3 Å². The van der Waals surface area contributed by atoms with E-state index in [0.717, 1.165) is 11.3 Å². The summed E-state index contributed by atoms with van der Waals surface area (Å²) in [6, 6.07) is 12.6. The van der Waals surface area contributed by atoms with Crippen LogP contribution in [-0.4, -0.2) is 30.1 Å². The first-order valence-electron chi connectivity index (χ1n) is 8.42. The summed E-state index contributed by atoms with van der Waals surface area (Å²) in [6.07, 6.45) is 1.41. The van der Waals surface area contributed by atoms with E-state index in [1.54, 1.807) is 18.2 Å². The number of thiocarbonyl (C=S) groups is 1. The molecule has 1 aliphatic heterocycles. The van der Waals surface area contributed by atoms with Crippen molar-refractivity contribution in [2.75, 3.05) is 13.2 Å². The van der Waals surface area contributed by atoms with Gasteiger partial charge >= 0.3 is 0 Å². The minimum absolute atomic E-state index is 0.0250. The van der Waals surface area contributed by atoms with Crippen molar-refractivity contribution in [3.8, 4) is 11.5 Å². The number of hydrogen-bond acceptors (Lipinski definition) is 5. The van der Waals surface area contributed by atoms with E-state index >= 15 is 0 Å². The molecule has 0 bridgehead atoms. The molecule has 2 aromatic rings. The number of ether oxygens (including phenoxy) is 2. The molecule has 1 fully saturated rings. The number of carbonyl (C=O) groups excluding carboxylic acids is 2. The van der Waals surface area contributed by atoms with E-state index in [1.165, 1.54) is 6.08 Å². The Hall–Kier alpha value is -2.90. The Morgan fingerprint density at radius 2 is 1.64 bits per heavy atom. The number of benzene rings is 2. The van der Waals surface area contributed by atoms with Crippen LogP contribution in [-0.2, 0) is 9.59 Å². The second kappa shape index (κ2) is 8.86. The standard InChI is InChI=1S/C20H17ClN2O4S/c1-12-2-5-15(6-3-12)26-8-9-27-17-7-4-14(21)10-13(17)11-16-18(24)22-20(28)23-19(16)25/h2-7,10-11H,8-9H2,1H3,(H2,22,23,24,25,28). The second-order valence-electron chi connectivity index (χ2n) is 5.99. The van der Waals surface area contributed by atoms with Crippen molar-refractivity contribution in [2.45, 2.75) is 6.92 Å². The van der Waals surface area contributed by atoms with Crippen molar-refractivity contribution in [3.63, 3.8) is 0 Å². The number of hydrogen-bond donors (Lipinski definition) is 2. The van der Waals surface area contributed by atoms with Crippen molar-refractivity contribution in [3.05, 3.63) is 64.2 Å². The fourth-order valence-corrected chi connectivity index (χ4v) is 2.84. The van der Waals surface area contributed by atoms with Crippen LogP contribution in [0.1, 0.15) is 11.1 Å². The van der Waals surface area contributed by atoms with E-state index < -0.39 is 11.8 Å². The van der Waals surface area contributed by atoms with Crippen LogP contribution in [0, 0.1) is 6.92 Å². The van der Waals surface area contributed by atoms with Gasteiger partial charge in [-0.15, -0.1) is 0 Å². The molecule has 0 spiro atoms. The van der Waals surface area contributed by atoms with Gasteiger partial charge in [-0.25, -0.2) is 0 Å². The Labute approximate surface area is 172 Å². The van der Waals surface area contributed by atoms with E-state index in [4.69, 9.17) is 33.3 Å². The Bertz CT molecular complexity index is 935. The molecule has 28 heavy (non-hydrogen) atoms. The zero-order valence-electron chi connectivity index (χ0n) is 15.0. The molecule has 0 saturated carbocycles. The molecule has 0 unspecified atom stereocenters. The van der Waals surface area contributed by atoms with Crippen LogP contribution in [0.25, 0.3) is 6.08 Å². The van der Waals surface area contributed by atoms with E-state index in [2.05, 4.69) is 10.6 Å². The third-order valence-electron chi connectivity index (χ3n) is 3.85. The summed E-state index contributed by atoms with van der Waals surface area (Å²) in [5.41, 5.74) is 1.56. The number of amides is 2. The normalized spacial score (nSPS) is 13.6. The molecule has 8 heteroatoms. The summed E-state index contributed by atoms with van der Waals surface area (Å²) in [5, 5.41) is 5.20. The SMILES string of the molecule is Cc1ccc(OCCOc2ccc(Cl)cc2C=C2C(=O)NC(=S)NC2=O)cc1. The lowest BCUT2D eigenvalue weighted by atomic mass is 10.1. The maximum atomic E-state index is 12.0. The summed E-state index contributed by atoms with van der Waals surface area (Å²) in [5.74, 6) is 0.0575. The maximum absolute atomic E-state index is 12.0. The van der Waals surface area contributed by atoms with Gasteiger partial charge < -0.3 is 9.47 Å². The van der Waals surface area contributed by atoms with Crippen molar-refractivity contribution in [2.24, 2.45) is 0 Å². The van der Waals surface area contributed by atoms with Crippen LogP contribution in [0.2, 0.25) is 5.02 Å². The number of carbonyl (C=O) groups is 2. The minimum Gasteiger partial charge on any atom is -0.490 e. The van der Waals surface area contributed by atoms with Gasteiger partial charge in [0.25, 0.3) is 11.8 Å². The largest absolute Gasteiger partial charge is 0.490 e. The van der Waals surface area contributed by atoms with Gasteiger partial charge in [0.15, 0.2) is 5.11 Å². The lowest BCUT2D eigenvalue weighted by Crippen LogP contribution is -2.51. The monoisotopic (exact) mass is 416 g/mol. The fourth-order valence-electron chi connectivity index (χ4n) is 2.47.